The lowest BCUT2D eigenvalue weighted by Gasteiger charge is -2.36. The summed E-state index contributed by atoms with van der Waals surface area (Å²) < 4.78 is 0. The molecule has 2 heterocycles. The maximum absolute atomic E-state index is 12.6. The summed E-state index contributed by atoms with van der Waals surface area (Å²) in [5.41, 5.74) is -0.0953. The van der Waals surface area contributed by atoms with E-state index in [-0.39, 0.29) is 5.41 Å². The average molecular weight is 281 g/mol. The Morgan fingerprint density at radius 1 is 1.20 bits per heavy atom. The normalized spacial score (nSPS) is 23.4. The molecule has 116 valence electrons. The van der Waals surface area contributed by atoms with Gasteiger partial charge in [-0.2, -0.15) is 0 Å². The zero-order valence-electron chi connectivity index (χ0n) is 13.0. The molecule has 20 heavy (non-hydrogen) atoms. The van der Waals surface area contributed by atoms with Crippen molar-refractivity contribution in [1.29, 1.82) is 0 Å². The fraction of sp³-hybridized carbons (Fsp3) is 0.938. The van der Waals surface area contributed by atoms with Crippen molar-refractivity contribution in [1.82, 2.24) is 15.5 Å². The Labute approximate surface area is 123 Å². The Hall–Kier alpha value is -0.610. The molecular formula is C16H31N3O. The van der Waals surface area contributed by atoms with Gasteiger partial charge < -0.3 is 15.5 Å². The molecule has 4 nitrogen and oxygen atoms in total. The summed E-state index contributed by atoms with van der Waals surface area (Å²) in [6, 6.07) is 0. The third-order valence-electron chi connectivity index (χ3n) is 4.93. The van der Waals surface area contributed by atoms with Crippen LogP contribution in [0.25, 0.3) is 0 Å². The van der Waals surface area contributed by atoms with Crippen LogP contribution < -0.4 is 10.6 Å². The molecule has 2 aliphatic rings. The van der Waals surface area contributed by atoms with Crippen molar-refractivity contribution >= 4 is 5.91 Å². The molecule has 0 atom stereocenters. The van der Waals surface area contributed by atoms with Gasteiger partial charge in [-0.05, 0) is 58.3 Å². The quantitative estimate of drug-likeness (QED) is 0.780. The molecule has 0 aromatic carbocycles. The molecule has 0 saturated carbocycles. The number of nitrogens with zero attached hydrogens (tertiary/aromatic N) is 1. The van der Waals surface area contributed by atoms with Crippen molar-refractivity contribution in [3.63, 3.8) is 0 Å². The minimum atomic E-state index is -0.0953. The van der Waals surface area contributed by atoms with Crippen molar-refractivity contribution in [3.8, 4) is 0 Å². The van der Waals surface area contributed by atoms with E-state index in [4.69, 9.17) is 0 Å². The molecule has 1 amide bonds. The van der Waals surface area contributed by atoms with Crippen molar-refractivity contribution in [2.45, 2.75) is 51.9 Å². The van der Waals surface area contributed by atoms with Gasteiger partial charge in [-0.3, -0.25) is 4.79 Å². The van der Waals surface area contributed by atoms with E-state index in [9.17, 15) is 4.79 Å². The van der Waals surface area contributed by atoms with E-state index < -0.39 is 0 Å². The number of hydrogen-bond acceptors (Lipinski definition) is 3. The summed E-state index contributed by atoms with van der Waals surface area (Å²) in [5, 5.41) is 6.59. The number of carbonyl (C=O) groups excluding carboxylic acids is 1. The average Bonchev–Trinajstić information content (AvgIpc) is 2.49. The molecular weight excluding hydrogens is 250 g/mol. The zero-order chi connectivity index (χ0) is 14.3. The third kappa shape index (κ3) is 4.19. The Kier molecular flexibility index (Phi) is 6.30. The van der Waals surface area contributed by atoms with Crippen LogP contribution in [-0.4, -0.2) is 50.1 Å². The van der Waals surface area contributed by atoms with Crippen LogP contribution in [0.1, 0.15) is 51.9 Å². The highest BCUT2D eigenvalue weighted by atomic mass is 16.2. The minimum Gasteiger partial charge on any atom is -0.354 e. The zero-order valence-corrected chi connectivity index (χ0v) is 13.0. The van der Waals surface area contributed by atoms with Crippen LogP contribution in [0.2, 0.25) is 0 Å². The van der Waals surface area contributed by atoms with Crippen LogP contribution in [-0.2, 0) is 4.79 Å². The SMILES string of the molecule is CCCC1(C(=O)NCCN2CCCCC2)CCNCC1. The lowest BCUT2D eigenvalue weighted by molar-refractivity contribution is -0.133. The highest BCUT2D eigenvalue weighted by Gasteiger charge is 2.38. The standard InChI is InChI=1S/C16H31N3O/c1-2-6-16(7-9-17-10-8-16)15(20)18-11-14-19-12-4-3-5-13-19/h17H,2-14H2,1H3,(H,18,20). The molecule has 2 aliphatic heterocycles. The minimum absolute atomic E-state index is 0.0953. The molecule has 0 bridgehead atoms. The lowest BCUT2D eigenvalue weighted by Crippen LogP contribution is -2.49. The largest absolute Gasteiger partial charge is 0.354 e. The van der Waals surface area contributed by atoms with Crippen LogP contribution in [0, 0.1) is 5.41 Å². The molecule has 0 aliphatic carbocycles. The van der Waals surface area contributed by atoms with Crippen LogP contribution in [0.4, 0.5) is 0 Å². The van der Waals surface area contributed by atoms with Crippen LogP contribution in [0.15, 0.2) is 0 Å². The Morgan fingerprint density at radius 3 is 2.55 bits per heavy atom. The van der Waals surface area contributed by atoms with E-state index in [1.807, 2.05) is 0 Å². The predicted octanol–water partition coefficient (Wildman–Crippen LogP) is 1.76. The van der Waals surface area contributed by atoms with Gasteiger partial charge in [0, 0.05) is 13.1 Å². The van der Waals surface area contributed by atoms with E-state index in [0.717, 1.165) is 51.9 Å². The number of nitrogens with one attached hydrogen (secondary N) is 2. The van der Waals surface area contributed by atoms with Gasteiger partial charge in [-0.25, -0.2) is 0 Å². The number of rotatable bonds is 6. The summed E-state index contributed by atoms with van der Waals surface area (Å²) >= 11 is 0. The van der Waals surface area contributed by atoms with Crippen LogP contribution in [0.3, 0.4) is 0 Å². The number of piperidine rings is 2. The van der Waals surface area contributed by atoms with Gasteiger partial charge in [0.2, 0.25) is 5.91 Å². The first kappa shape index (κ1) is 15.8. The fourth-order valence-electron chi connectivity index (χ4n) is 3.67. The molecule has 0 aromatic rings. The molecule has 2 rings (SSSR count). The highest BCUT2D eigenvalue weighted by molar-refractivity contribution is 5.82. The van der Waals surface area contributed by atoms with Crippen molar-refractivity contribution in [2.24, 2.45) is 5.41 Å². The van der Waals surface area contributed by atoms with E-state index in [2.05, 4.69) is 22.5 Å². The second kappa shape index (κ2) is 7.99. The Morgan fingerprint density at radius 2 is 1.90 bits per heavy atom. The van der Waals surface area contributed by atoms with Crippen molar-refractivity contribution in [2.75, 3.05) is 39.3 Å². The molecule has 2 saturated heterocycles. The van der Waals surface area contributed by atoms with Gasteiger partial charge in [-0.15, -0.1) is 0 Å². The maximum Gasteiger partial charge on any atom is 0.226 e. The molecule has 0 aromatic heterocycles. The summed E-state index contributed by atoms with van der Waals surface area (Å²) in [7, 11) is 0. The van der Waals surface area contributed by atoms with Crippen LogP contribution >= 0.6 is 0 Å². The topological polar surface area (TPSA) is 44.4 Å². The van der Waals surface area contributed by atoms with Gasteiger partial charge in [0.15, 0.2) is 0 Å². The molecule has 0 spiro atoms. The van der Waals surface area contributed by atoms with Crippen molar-refractivity contribution in [3.05, 3.63) is 0 Å². The Bertz CT molecular complexity index is 289. The van der Waals surface area contributed by atoms with Gasteiger partial charge >= 0.3 is 0 Å². The summed E-state index contributed by atoms with van der Waals surface area (Å²) in [6.07, 6.45) is 8.13. The second-order valence-corrected chi connectivity index (χ2v) is 6.44. The van der Waals surface area contributed by atoms with E-state index in [1.54, 1.807) is 0 Å². The highest BCUT2D eigenvalue weighted by Crippen LogP contribution is 2.34. The first-order valence-corrected chi connectivity index (χ1v) is 8.48. The van der Waals surface area contributed by atoms with E-state index in [1.165, 1.54) is 32.4 Å². The van der Waals surface area contributed by atoms with Gasteiger partial charge in [0.05, 0.1) is 5.41 Å². The molecule has 0 radical (unpaired) electrons. The molecule has 4 heteroatoms. The smallest absolute Gasteiger partial charge is 0.226 e. The van der Waals surface area contributed by atoms with Gasteiger partial charge in [0.25, 0.3) is 0 Å². The number of amides is 1. The van der Waals surface area contributed by atoms with Gasteiger partial charge in [-0.1, -0.05) is 19.8 Å². The van der Waals surface area contributed by atoms with Crippen LogP contribution in [0.5, 0.6) is 0 Å². The molecule has 2 N–H and O–H groups in total. The summed E-state index contributed by atoms with van der Waals surface area (Å²) in [6.45, 7) is 8.41. The number of likely N-dealkylation sites (tertiary alicyclic amines) is 1. The van der Waals surface area contributed by atoms with Gasteiger partial charge in [0.1, 0.15) is 0 Å². The monoisotopic (exact) mass is 281 g/mol. The van der Waals surface area contributed by atoms with Crippen molar-refractivity contribution < 1.29 is 4.79 Å². The van der Waals surface area contributed by atoms with E-state index in [0.29, 0.717) is 5.91 Å². The fourth-order valence-corrected chi connectivity index (χ4v) is 3.67. The summed E-state index contributed by atoms with van der Waals surface area (Å²) in [5.74, 6) is 0.304. The molecule has 2 fully saturated rings. The lowest BCUT2D eigenvalue weighted by atomic mass is 9.74. The number of carbonyl (C=O) groups is 1. The first-order chi connectivity index (χ1) is 9.77. The summed E-state index contributed by atoms with van der Waals surface area (Å²) in [4.78, 5) is 15.1. The molecule has 0 unspecified atom stereocenters. The Balaban J connectivity index is 1.76. The number of hydrogen-bond donors (Lipinski definition) is 2. The second-order valence-electron chi connectivity index (χ2n) is 6.44. The first-order valence-electron chi connectivity index (χ1n) is 8.48. The third-order valence-corrected chi connectivity index (χ3v) is 4.93. The maximum atomic E-state index is 12.6. The predicted molar refractivity (Wildman–Crippen MR) is 82.7 cm³/mol. The van der Waals surface area contributed by atoms with E-state index >= 15 is 0 Å².